The van der Waals surface area contributed by atoms with Crippen LogP contribution in [0.1, 0.15) is 20.3 Å². The minimum absolute atomic E-state index is 0.300. The first-order chi connectivity index (χ1) is 8.69. The van der Waals surface area contributed by atoms with Gasteiger partial charge in [-0.25, -0.2) is 13.6 Å². The van der Waals surface area contributed by atoms with E-state index in [1.807, 2.05) is 0 Å². The maximum atomic E-state index is 13.3. The number of carboxylic acid groups (broad SMARTS) is 1. The van der Waals surface area contributed by atoms with E-state index in [4.69, 9.17) is 5.11 Å². The second kappa shape index (κ2) is 5.64. The van der Waals surface area contributed by atoms with Crippen molar-refractivity contribution in [1.82, 2.24) is 5.32 Å². The highest BCUT2D eigenvalue weighted by molar-refractivity contribution is 5.90. The molecule has 0 aliphatic rings. The molecule has 0 heterocycles. The van der Waals surface area contributed by atoms with Crippen molar-refractivity contribution in [2.24, 2.45) is 0 Å². The average Bonchev–Trinajstić information content (AvgIpc) is 2.20. The standard InChI is InChI=1S/C12H14F2N2O3/c1-12(2,6-10(17)18)16-11(19)15-9-5-7(13)3-4-8(9)14/h3-5H,6H2,1-2H3,(H,17,18)(H2,15,16,19). The van der Waals surface area contributed by atoms with Crippen molar-refractivity contribution in [3.63, 3.8) is 0 Å². The number of hydrogen-bond donors (Lipinski definition) is 3. The Morgan fingerprint density at radius 3 is 2.53 bits per heavy atom. The molecule has 0 fully saturated rings. The van der Waals surface area contributed by atoms with Gasteiger partial charge in [0.05, 0.1) is 12.1 Å². The van der Waals surface area contributed by atoms with Gasteiger partial charge >= 0.3 is 12.0 Å². The molecule has 0 radical (unpaired) electrons. The molecule has 0 bridgehead atoms. The molecule has 0 aliphatic carbocycles. The van der Waals surface area contributed by atoms with Crippen molar-refractivity contribution in [2.45, 2.75) is 25.8 Å². The number of rotatable bonds is 4. The van der Waals surface area contributed by atoms with Crippen molar-refractivity contribution in [1.29, 1.82) is 0 Å². The first-order valence-corrected chi connectivity index (χ1v) is 5.45. The van der Waals surface area contributed by atoms with E-state index in [0.717, 1.165) is 18.2 Å². The monoisotopic (exact) mass is 272 g/mol. The molecule has 0 atom stereocenters. The zero-order valence-electron chi connectivity index (χ0n) is 10.5. The summed E-state index contributed by atoms with van der Waals surface area (Å²) in [5.74, 6) is -2.56. The molecule has 1 rings (SSSR count). The summed E-state index contributed by atoms with van der Waals surface area (Å²) in [5.41, 5.74) is -1.33. The van der Waals surface area contributed by atoms with Gasteiger partial charge in [0.2, 0.25) is 0 Å². The zero-order valence-corrected chi connectivity index (χ0v) is 10.5. The lowest BCUT2D eigenvalue weighted by Gasteiger charge is -2.24. The van der Waals surface area contributed by atoms with Crippen LogP contribution in [-0.4, -0.2) is 22.6 Å². The Hall–Kier alpha value is -2.18. The summed E-state index contributed by atoms with van der Waals surface area (Å²) in [6, 6.07) is 1.83. The van der Waals surface area contributed by atoms with Crippen LogP contribution >= 0.6 is 0 Å². The predicted molar refractivity (Wildman–Crippen MR) is 64.8 cm³/mol. The quantitative estimate of drug-likeness (QED) is 0.787. The first-order valence-electron chi connectivity index (χ1n) is 5.45. The normalized spacial score (nSPS) is 10.9. The molecule has 0 aliphatic heterocycles. The number of carboxylic acids is 1. The highest BCUT2D eigenvalue weighted by Gasteiger charge is 2.24. The maximum absolute atomic E-state index is 13.3. The van der Waals surface area contributed by atoms with E-state index in [1.165, 1.54) is 13.8 Å². The molecule has 0 unspecified atom stereocenters. The lowest BCUT2D eigenvalue weighted by atomic mass is 10.0. The van der Waals surface area contributed by atoms with Gasteiger partial charge in [-0.05, 0) is 26.0 Å². The molecule has 19 heavy (non-hydrogen) atoms. The van der Waals surface area contributed by atoms with Gasteiger partial charge in [-0.2, -0.15) is 0 Å². The van der Waals surface area contributed by atoms with Crippen molar-refractivity contribution < 1.29 is 23.5 Å². The lowest BCUT2D eigenvalue weighted by molar-refractivity contribution is -0.138. The number of aliphatic carboxylic acids is 1. The van der Waals surface area contributed by atoms with Crippen LogP contribution in [0.4, 0.5) is 19.3 Å². The zero-order chi connectivity index (χ0) is 14.6. The largest absolute Gasteiger partial charge is 0.481 e. The molecular formula is C12H14F2N2O3. The third-order valence-electron chi connectivity index (χ3n) is 2.22. The molecule has 5 nitrogen and oxygen atoms in total. The van der Waals surface area contributed by atoms with Crippen LogP contribution in [0.2, 0.25) is 0 Å². The van der Waals surface area contributed by atoms with Crippen molar-refractivity contribution in [3.8, 4) is 0 Å². The van der Waals surface area contributed by atoms with Gasteiger partial charge < -0.3 is 15.7 Å². The van der Waals surface area contributed by atoms with E-state index in [9.17, 15) is 18.4 Å². The lowest BCUT2D eigenvalue weighted by Crippen LogP contribution is -2.46. The van der Waals surface area contributed by atoms with Crippen LogP contribution in [0.15, 0.2) is 18.2 Å². The SMILES string of the molecule is CC(C)(CC(=O)O)NC(=O)Nc1cc(F)ccc1F. The minimum Gasteiger partial charge on any atom is -0.481 e. The molecule has 7 heteroatoms. The third kappa shape index (κ3) is 4.90. The van der Waals surface area contributed by atoms with Crippen molar-refractivity contribution in [2.75, 3.05) is 5.32 Å². The molecule has 3 N–H and O–H groups in total. The van der Waals surface area contributed by atoms with E-state index >= 15 is 0 Å². The number of nitrogens with one attached hydrogen (secondary N) is 2. The topological polar surface area (TPSA) is 78.4 Å². The molecule has 1 aromatic carbocycles. The summed E-state index contributed by atoms with van der Waals surface area (Å²) in [7, 11) is 0. The Morgan fingerprint density at radius 1 is 1.32 bits per heavy atom. The number of carbonyl (C=O) groups excluding carboxylic acids is 1. The fourth-order valence-corrected chi connectivity index (χ4v) is 1.48. The second-order valence-corrected chi connectivity index (χ2v) is 4.66. The third-order valence-corrected chi connectivity index (χ3v) is 2.22. The van der Waals surface area contributed by atoms with Gasteiger partial charge in [-0.1, -0.05) is 0 Å². The molecule has 1 aromatic rings. The fraction of sp³-hybridized carbons (Fsp3) is 0.333. The van der Waals surface area contributed by atoms with Crippen LogP contribution in [-0.2, 0) is 4.79 Å². The molecule has 0 spiro atoms. The number of anilines is 1. The Bertz CT molecular complexity index is 504. The molecule has 2 amide bonds. The predicted octanol–water partition coefficient (Wildman–Crippen LogP) is 2.34. The summed E-state index contributed by atoms with van der Waals surface area (Å²) >= 11 is 0. The average molecular weight is 272 g/mol. The smallest absolute Gasteiger partial charge is 0.319 e. The molecular weight excluding hydrogens is 258 g/mol. The van der Waals surface area contributed by atoms with Crippen LogP contribution in [0.3, 0.4) is 0 Å². The fourth-order valence-electron chi connectivity index (χ4n) is 1.48. The highest BCUT2D eigenvalue weighted by Crippen LogP contribution is 2.16. The Balaban J connectivity index is 2.70. The summed E-state index contributed by atoms with van der Waals surface area (Å²) in [4.78, 5) is 22.1. The van der Waals surface area contributed by atoms with Crippen LogP contribution < -0.4 is 10.6 Å². The molecule has 0 saturated carbocycles. The second-order valence-electron chi connectivity index (χ2n) is 4.66. The van der Waals surface area contributed by atoms with Gasteiger partial charge in [0, 0.05) is 11.6 Å². The van der Waals surface area contributed by atoms with E-state index in [1.54, 1.807) is 0 Å². The van der Waals surface area contributed by atoms with Crippen molar-refractivity contribution >= 4 is 17.7 Å². The van der Waals surface area contributed by atoms with Gasteiger partial charge in [0.15, 0.2) is 0 Å². The Kier molecular flexibility index (Phi) is 4.42. The van der Waals surface area contributed by atoms with Crippen molar-refractivity contribution in [3.05, 3.63) is 29.8 Å². The maximum Gasteiger partial charge on any atom is 0.319 e. The van der Waals surface area contributed by atoms with E-state index in [-0.39, 0.29) is 12.1 Å². The number of benzene rings is 1. The van der Waals surface area contributed by atoms with Crippen LogP contribution in [0, 0.1) is 11.6 Å². The van der Waals surface area contributed by atoms with Gasteiger partial charge in [-0.15, -0.1) is 0 Å². The number of urea groups is 1. The minimum atomic E-state index is -1.08. The molecule has 0 saturated heterocycles. The highest BCUT2D eigenvalue weighted by atomic mass is 19.1. The van der Waals surface area contributed by atoms with Crippen LogP contribution in [0.25, 0.3) is 0 Å². The number of carbonyl (C=O) groups is 2. The summed E-state index contributed by atoms with van der Waals surface area (Å²) < 4.78 is 26.2. The summed E-state index contributed by atoms with van der Waals surface area (Å²) in [5, 5.41) is 13.1. The Labute approximate surface area is 108 Å². The number of amides is 2. The number of hydrogen-bond acceptors (Lipinski definition) is 2. The molecule has 104 valence electrons. The van der Waals surface area contributed by atoms with Gasteiger partial charge in [0.25, 0.3) is 0 Å². The summed E-state index contributed by atoms with van der Waals surface area (Å²) in [6.07, 6.45) is -0.300. The number of halogens is 2. The van der Waals surface area contributed by atoms with E-state index in [0.29, 0.717) is 0 Å². The van der Waals surface area contributed by atoms with E-state index < -0.39 is 29.2 Å². The first kappa shape index (κ1) is 14.9. The Morgan fingerprint density at radius 2 is 1.95 bits per heavy atom. The van der Waals surface area contributed by atoms with Gasteiger partial charge in [-0.3, -0.25) is 4.79 Å². The van der Waals surface area contributed by atoms with Crippen LogP contribution in [0.5, 0.6) is 0 Å². The van der Waals surface area contributed by atoms with Gasteiger partial charge in [0.1, 0.15) is 11.6 Å². The van der Waals surface area contributed by atoms with E-state index in [2.05, 4.69) is 10.6 Å². The molecule has 0 aromatic heterocycles. The summed E-state index contributed by atoms with van der Waals surface area (Å²) in [6.45, 7) is 3.01.